The van der Waals surface area contributed by atoms with E-state index < -0.39 is 0 Å². The van der Waals surface area contributed by atoms with Gasteiger partial charge in [-0.25, -0.2) is 0 Å². The molecule has 0 amide bonds. The van der Waals surface area contributed by atoms with Crippen LogP contribution >= 0.6 is 0 Å². The van der Waals surface area contributed by atoms with E-state index in [1.165, 1.54) is 27.3 Å². The number of para-hydroxylation sites is 3. The first-order valence-corrected chi connectivity index (χ1v) is 20.3. The van der Waals surface area contributed by atoms with E-state index in [-0.39, 0.29) is 0 Å². The number of hydrogen-bond acceptors (Lipinski definition) is 4. The largest absolute Gasteiger partial charge is 0.456 e. The van der Waals surface area contributed by atoms with Gasteiger partial charge in [-0.15, -0.1) is 0 Å². The molecular formula is C56H36N2O2. The third kappa shape index (κ3) is 5.69. The fourth-order valence-electron chi connectivity index (χ4n) is 8.93. The number of rotatable bonds is 7. The lowest BCUT2D eigenvalue weighted by Gasteiger charge is -2.29. The number of hydrogen-bond donors (Lipinski definition) is 0. The van der Waals surface area contributed by atoms with E-state index in [2.05, 4.69) is 204 Å². The Balaban J connectivity index is 1.05. The van der Waals surface area contributed by atoms with Crippen molar-refractivity contribution < 1.29 is 8.83 Å². The van der Waals surface area contributed by atoms with Gasteiger partial charge >= 0.3 is 0 Å². The summed E-state index contributed by atoms with van der Waals surface area (Å²) in [5, 5.41) is 9.10. The number of anilines is 6. The summed E-state index contributed by atoms with van der Waals surface area (Å²) >= 11 is 0. The minimum atomic E-state index is 0.865. The maximum absolute atomic E-state index is 6.32. The summed E-state index contributed by atoms with van der Waals surface area (Å²) in [6.45, 7) is 0. The molecule has 0 aliphatic heterocycles. The highest BCUT2D eigenvalue weighted by Gasteiger charge is 2.20. The Morgan fingerprint density at radius 1 is 0.233 bits per heavy atom. The molecule has 0 radical (unpaired) electrons. The Bertz CT molecular complexity index is 3550. The number of benzene rings is 10. The standard InChI is InChI=1S/C56H36N2O2/c1-3-12-37(13-4-1)38-24-27-42(28-25-38)57(41-14-5-2-6-15-41)43-16-11-17-44(33-43)58(46-30-31-55-51(35-46)47-18-7-9-20-53(47)59-55)45-29-26-39-22-23-40-32-56-52(36-50(40)49(39)34-45)48-19-8-10-21-54(48)60-56/h1-36H. The molecule has 0 unspecified atom stereocenters. The van der Waals surface area contributed by atoms with Gasteiger partial charge < -0.3 is 18.6 Å². The van der Waals surface area contributed by atoms with E-state index >= 15 is 0 Å². The summed E-state index contributed by atoms with van der Waals surface area (Å²) in [6, 6.07) is 77.7. The van der Waals surface area contributed by atoms with Crippen LogP contribution in [0.4, 0.5) is 34.1 Å². The van der Waals surface area contributed by atoms with Crippen LogP contribution in [0.25, 0.3) is 76.5 Å². The van der Waals surface area contributed by atoms with Crippen molar-refractivity contribution in [3.05, 3.63) is 218 Å². The van der Waals surface area contributed by atoms with Gasteiger partial charge in [0.1, 0.15) is 22.3 Å². The molecule has 0 saturated carbocycles. The van der Waals surface area contributed by atoms with Gasteiger partial charge in [-0.1, -0.05) is 121 Å². The van der Waals surface area contributed by atoms with E-state index in [0.29, 0.717) is 0 Å². The van der Waals surface area contributed by atoms with Crippen LogP contribution in [0.2, 0.25) is 0 Å². The molecule has 60 heavy (non-hydrogen) atoms. The highest BCUT2D eigenvalue weighted by atomic mass is 16.3. The molecule has 2 aromatic heterocycles. The molecule has 0 N–H and O–H groups in total. The van der Waals surface area contributed by atoms with Gasteiger partial charge in [0.25, 0.3) is 0 Å². The topological polar surface area (TPSA) is 32.8 Å². The molecule has 10 aromatic carbocycles. The van der Waals surface area contributed by atoms with E-state index in [0.717, 1.165) is 83.4 Å². The van der Waals surface area contributed by atoms with Crippen LogP contribution in [0.5, 0.6) is 0 Å². The van der Waals surface area contributed by atoms with Gasteiger partial charge in [0.05, 0.1) is 0 Å². The molecule has 0 aliphatic rings. The van der Waals surface area contributed by atoms with E-state index in [1.54, 1.807) is 0 Å². The van der Waals surface area contributed by atoms with Crippen LogP contribution in [-0.2, 0) is 0 Å². The normalized spacial score (nSPS) is 11.7. The molecule has 4 heteroatoms. The van der Waals surface area contributed by atoms with E-state index in [1.807, 2.05) is 24.3 Å². The fraction of sp³-hybridized carbons (Fsp3) is 0. The Morgan fingerprint density at radius 2 is 0.683 bits per heavy atom. The highest BCUT2D eigenvalue weighted by Crippen LogP contribution is 2.44. The van der Waals surface area contributed by atoms with Crippen LogP contribution in [0.1, 0.15) is 0 Å². The van der Waals surface area contributed by atoms with Gasteiger partial charge in [-0.2, -0.15) is 0 Å². The number of fused-ring (bicyclic) bond motifs is 9. The first-order valence-electron chi connectivity index (χ1n) is 20.3. The Hall–Kier alpha value is -8.08. The smallest absolute Gasteiger partial charge is 0.136 e. The van der Waals surface area contributed by atoms with Crippen molar-refractivity contribution in [2.45, 2.75) is 0 Å². The third-order valence-corrected chi connectivity index (χ3v) is 11.8. The summed E-state index contributed by atoms with van der Waals surface area (Å²) < 4.78 is 12.6. The van der Waals surface area contributed by atoms with Gasteiger partial charge in [0.2, 0.25) is 0 Å². The Morgan fingerprint density at radius 3 is 1.42 bits per heavy atom. The maximum atomic E-state index is 6.32. The van der Waals surface area contributed by atoms with Crippen molar-refractivity contribution in [1.29, 1.82) is 0 Å². The van der Waals surface area contributed by atoms with Gasteiger partial charge in [0.15, 0.2) is 0 Å². The van der Waals surface area contributed by atoms with E-state index in [9.17, 15) is 0 Å². The zero-order chi connectivity index (χ0) is 39.6. The average Bonchev–Trinajstić information content (AvgIpc) is 3.87. The zero-order valence-corrected chi connectivity index (χ0v) is 32.5. The van der Waals surface area contributed by atoms with Crippen molar-refractivity contribution in [2.24, 2.45) is 0 Å². The third-order valence-electron chi connectivity index (χ3n) is 11.8. The summed E-state index contributed by atoms with van der Waals surface area (Å²) in [6.07, 6.45) is 0. The maximum Gasteiger partial charge on any atom is 0.136 e. The quantitative estimate of drug-likeness (QED) is 0.151. The van der Waals surface area contributed by atoms with Crippen LogP contribution in [0.3, 0.4) is 0 Å². The van der Waals surface area contributed by atoms with Crippen LogP contribution in [0.15, 0.2) is 227 Å². The second-order valence-electron chi connectivity index (χ2n) is 15.4. The molecule has 2 heterocycles. The summed E-state index contributed by atoms with van der Waals surface area (Å²) in [4.78, 5) is 4.70. The first kappa shape index (κ1) is 34.0. The molecule has 0 fully saturated rings. The van der Waals surface area contributed by atoms with Crippen molar-refractivity contribution in [1.82, 2.24) is 0 Å². The SMILES string of the molecule is c1ccc(-c2ccc(N(c3ccccc3)c3cccc(N(c4ccc5ccc6cc7oc8ccccc8c7cc6c5c4)c4ccc5oc6ccccc6c5c4)c3)cc2)cc1. The molecule has 282 valence electrons. The average molecular weight is 769 g/mol. The predicted octanol–water partition coefficient (Wildman–Crippen LogP) is 16.4. The van der Waals surface area contributed by atoms with Crippen molar-refractivity contribution in [2.75, 3.05) is 9.80 Å². The number of nitrogens with zero attached hydrogens (tertiary/aromatic N) is 2. The molecule has 0 aliphatic carbocycles. The monoisotopic (exact) mass is 768 g/mol. The number of furan rings is 2. The Labute approximate surface area is 346 Å². The molecule has 12 aromatic rings. The zero-order valence-electron chi connectivity index (χ0n) is 32.5. The van der Waals surface area contributed by atoms with Crippen LogP contribution in [-0.4, -0.2) is 0 Å². The van der Waals surface area contributed by atoms with Crippen molar-refractivity contribution in [3.63, 3.8) is 0 Å². The lowest BCUT2D eigenvalue weighted by molar-refractivity contribution is 0.668. The van der Waals surface area contributed by atoms with Crippen LogP contribution < -0.4 is 9.80 Å². The molecule has 12 rings (SSSR count). The molecule has 0 spiro atoms. The second kappa shape index (κ2) is 13.8. The van der Waals surface area contributed by atoms with Gasteiger partial charge in [-0.3, -0.25) is 0 Å². The highest BCUT2D eigenvalue weighted by molar-refractivity contribution is 6.17. The van der Waals surface area contributed by atoms with Gasteiger partial charge in [0, 0.05) is 55.7 Å². The fourth-order valence-corrected chi connectivity index (χ4v) is 8.93. The van der Waals surface area contributed by atoms with E-state index in [4.69, 9.17) is 8.83 Å². The first-order chi connectivity index (χ1) is 29.7. The molecule has 0 atom stereocenters. The summed E-state index contributed by atoms with van der Waals surface area (Å²) in [5.41, 5.74) is 12.2. The minimum absolute atomic E-state index is 0.865. The second-order valence-corrected chi connectivity index (χ2v) is 15.4. The Kier molecular flexibility index (Phi) is 7.82. The van der Waals surface area contributed by atoms with Crippen molar-refractivity contribution >= 4 is 99.5 Å². The minimum Gasteiger partial charge on any atom is -0.456 e. The summed E-state index contributed by atoms with van der Waals surface area (Å²) in [7, 11) is 0. The summed E-state index contributed by atoms with van der Waals surface area (Å²) in [5.74, 6) is 0. The van der Waals surface area contributed by atoms with Gasteiger partial charge in [-0.05, 0) is 130 Å². The molecule has 0 saturated heterocycles. The molecule has 4 nitrogen and oxygen atoms in total. The van der Waals surface area contributed by atoms with Crippen molar-refractivity contribution in [3.8, 4) is 11.1 Å². The van der Waals surface area contributed by atoms with Crippen LogP contribution in [0, 0.1) is 0 Å². The molecular weight excluding hydrogens is 733 g/mol. The lowest BCUT2D eigenvalue weighted by atomic mass is 9.99. The molecule has 0 bridgehead atoms. The lowest BCUT2D eigenvalue weighted by Crippen LogP contribution is -2.13. The predicted molar refractivity (Wildman–Crippen MR) is 251 cm³/mol.